The van der Waals surface area contributed by atoms with Gasteiger partial charge in [0.05, 0.1) is 11.4 Å². The lowest BCUT2D eigenvalue weighted by molar-refractivity contribution is 1.16. The summed E-state index contributed by atoms with van der Waals surface area (Å²) in [5.41, 5.74) is 9.60. The SMILES string of the molecule is C1=CC(c2cc(-c3cccc(-c4cccnc4)c3)nc(-c3ccccc3)n2)=CC=C(c2ccccc2)C1. The summed E-state index contributed by atoms with van der Waals surface area (Å²) in [7, 11) is 0. The van der Waals surface area contributed by atoms with Gasteiger partial charge in [-0.05, 0) is 46.9 Å². The number of benzene rings is 3. The molecule has 0 saturated heterocycles. The molecule has 0 spiro atoms. The first kappa shape index (κ1) is 22.6. The van der Waals surface area contributed by atoms with Crippen LogP contribution < -0.4 is 0 Å². The second kappa shape index (κ2) is 10.4. The van der Waals surface area contributed by atoms with E-state index in [1.54, 1.807) is 6.20 Å². The minimum Gasteiger partial charge on any atom is -0.264 e. The summed E-state index contributed by atoms with van der Waals surface area (Å²) in [5, 5.41) is 0. The number of rotatable bonds is 5. The summed E-state index contributed by atoms with van der Waals surface area (Å²) in [4.78, 5) is 14.3. The third-order valence-electron chi connectivity index (χ3n) is 6.45. The van der Waals surface area contributed by atoms with E-state index < -0.39 is 0 Å². The van der Waals surface area contributed by atoms with Gasteiger partial charge in [0.1, 0.15) is 0 Å². The third-order valence-corrected chi connectivity index (χ3v) is 6.45. The van der Waals surface area contributed by atoms with Gasteiger partial charge in [-0.2, -0.15) is 0 Å². The largest absolute Gasteiger partial charge is 0.264 e. The molecule has 5 aromatic rings. The van der Waals surface area contributed by atoms with E-state index in [9.17, 15) is 0 Å². The van der Waals surface area contributed by atoms with Crippen molar-refractivity contribution in [3.8, 4) is 33.8 Å². The molecular weight excluding hydrogens is 450 g/mol. The predicted octanol–water partition coefficient (Wildman–Crippen LogP) is 8.30. The van der Waals surface area contributed by atoms with Gasteiger partial charge in [-0.25, -0.2) is 9.97 Å². The Kier molecular flexibility index (Phi) is 6.33. The molecule has 6 rings (SSSR count). The predicted molar refractivity (Wildman–Crippen MR) is 152 cm³/mol. The van der Waals surface area contributed by atoms with Gasteiger partial charge in [0, 0.05) is 29.1 Å². The van der Waals surface area contributed by atoms with Crippen molar-refractivity contribution in [3.63, 3.8) is 0 Å². The van der Waals surface area contributed by atoms with Gasteiger partial charge in [-0.15, -0.1) is 0 Å². The fourth-order valence-corrected chi connectivity index (χ4v) is 4.51. The second-order valence-corrected chi connectivity index (χ2v) is 8.94. The first-order valence-corrected chi connectivity index (χ1v) is 12.4. The highest BCUT2D eigenvalue weighted by molar-refractivity contribution is 5.82. The van der Waals surface area contributed by atoms with Gasteiger partial charge in [-0.3, -0.25) is 4.98 Å². The Morgan fingerprint density at radius 1 is 0.541 bits per heavy atom. The standard InChI is InChI=1S/C34H25N3/c1-3-10-25(11-4-1)26-14-7-15-27(20-19-26)32-23-33(37-34(36-32)28-12-5-2-6-13-28)30-17-8-16-29(22-30)31-18-9-21-35-24-31/h1-13,15-24H,14H2. The smallest absolute Gasteiger partial charge is 0.160 e. The van der Waals surface area contributed by atoms with Crippen LogP contribution in [0.4, 0.5) is 0 Å². The highest BCUT2D eigenvalue weighted by Crippen LogP contribution is 2.30. The Morgan fingerprint density at radius 2 is 1.24 bits per heavy atom. The monoisotopic (exact) mass is 475 g/mol. The Balaban J connectivity index is 1.46. The van der Waals surface area contributed by atoms with E-state index in [1.165, 1.54) is 11.1 Å². The quantitative estimate of drug-likeness (QED) is 0.257. The summed E-state index contributed by atoms with van der Waals surface area (Å²) < 4.78 is 0. The second-order valence-electron chi connectivity index (χ2n) is 8.94. The van der Waals surface area contributed by atoms with Crippen LogP contribution in [0.25, 0.3) is 44.9 Å². The highest BCUT2D eigenvalue weighted by atomic mass is 14.9. The first-order valence-electron chi connectivity index (χ1n) is 12.4. The molecule has 1 aliphatic rings. The molecule has 0 N–H and O–H groups in total. The van der Waals surface area contributed by atoms with Crippen molar-refractivity contribution in [2.24, 2.45) is 0 Å². The first-order chi connectivity index (χ1) is 18.3. The number of hydrogen-bond donors (Lipinski definition) is 0. The lowest BCUT2D eigenvalue weighted by Crippen LogP contribution is -1.98. The molecule has 3 heteroatoms. The molecule has 176 valence electrons. The molecule has 2 heterocycles. The van der Waals surface area contributed by atoms with Gasteiger partial charge in [-0.1, -0.05) is 109 Å². The van der Waals surface area contributed by atoms with E-state index in [2.05, 4.69) is 108 Å². The number of hydrogen-bond acceptors (Lipinski definition) is 3. The number of pyridine rings is 1. The zero-order chi connectivity index (χ0) is 24.9. The van der Waals surface area contributed by atoms with Crippen LogP contribution >= 0.6 is 0 Å². The summed E-state index contributed by atoms with van der Waals surface area (Å²) in [5.74, 6) is 0.714. The van der Waals surface area contributed by atoms with Crippen molar-refractivity contribution in [1.29, 1.82) is 0 Å². The average Bonchev–Trinajstić information content (AvgIpc) is 3.25. The summed E-state index contributed by atoms with van der Waals surface area (Å²) in [6, 6.07) is 35.3. The molecule has 0 fully saturated rings. The van der Waals surface area contributed by atoms with Crippen LogP contribution in [-0.4, -0.2) is 15.0 Å². The van der Waals surface area contributed by atoms with Gasteiger partial charge < -0.3 is 0 Å². The van der Waals surface area contributed by atoms with Crippen molar-refractivity contribution in [1.82, 2.24) is 15.0 Å². The molecule has 0 saturated carbocycles. The maximum absolute atomic E-state index is 5.00. The van der Waals surface area contributed by atoms with E-state index >= 15 is 0 Å². The molecule has 3 nitrogen and oxygen atoms in total. The van der Waals surface area contributed by atoms with Gasteiger partial charge in [0.2, 0.25) is 0 Å². The molecule has 2 aromatic heterocycles. The Bertz CT molecular complexity index is 1620. The van der Waals surface area contributed by atoms with Gasteiger partial charge in [0.25, 0.3) is 0 Å². The van der Waals surface area contributed by atoms with E-state index in [4.69, 9.17) is 9.97 Å². The van der Waals surface area contributed by atoms with Crippen LogP contribution in [-0.2, 0) is 0 Å². The zero-order valence-corrected chi connectivity index (χ0v) is 20.3. The van der Waals surface area contributed by atoms with Crippen molar-refractivity contribution in [3.05, 3.63) is 151 Å². The molecular formula is C34H25N3. The fourth-order valence-electron chi connectivity index (χ4n) is 4.51. The van der Waals surface area contributed by atoms with Crippen molar-refractivity contribution in [2.45, 2.75) is 6.42 Å². The Morgan fingerprint density at radius 3 is 2.03 bits per heavy atom. The molecule has 0 unspecified atom stereocenters. The number of allylic oxidation sites excluding steroid dienone is 6. The molecule has 0 aliphatic heterocycles. The van der Waals surface area contributed by atoms with Crippen molar-refractivity contribution >= 4 is 11.1 Å². The normalized spacial score (nSPS) is 13.0. The highest BCUT2D eigenvalue weighted by Gasteiger charge is 2.13. The number of nitrogens with zero attached hydrogens (tertiary/aromatic N) is 3. The van der Waals surface area contributed by atoms with Crippen LogP contribution in [0.15, 0.2) is 140 Å². The topological polar surface area (TPSA) is 38.7 Å². The summed E-state index contributed by atoms with van der Waals surface area (Å²) in [6.07, 6.45) is 13.3. The zero-order valence-electron chi connectivity index (χ0n) is 20.3. The van der Waals surface area contributed by atoms with Crippen LogP contribution in [0.2, 0.25) is 0 Å². The third kappa shape index (κ3) is 5.07. The fraction of sp³-hybridized carbons (Fsp3) is 0.0294. The van der Waals surface area contributed by atoms with E-state index in [1.807, 2.05) is 30.5 Å². The summed E-state index contributed by atoms with van der Waals surface area (Å²) in [6.45, 7) is 0. The van der Waals surface area contributed by atoms with Gasteiger partial charge >= 0.3 is 0 Å². The van der Waals surface area contributed by atoms with Crippen molar-refractivity contribution in [2.75, 3.05) is 0 Å². The van der Waals surface area contributed by atoms with Gasteiger partial charge in [0.15, 0.2) is 5.82 Å². The van der Waals surface area contributed by atoms with Crippen molar-refractivity contribution < 1.29 is 0 Å². The van der Waals surface area contributed by atoms with E-state index in [0.29, 0.717) is 5.82 Å². The minimum absolute atomic E-state index is 0.714. The Hall–Kier alpha value is -4.89. The maximum atomic E-state index is 5.00. The van der Waals surface area contributed by atoms with E-state index in [0.717, 1.165) is 45.6 Å². The van der Waals surface area contributed by atoms with Crippen LogP contribution in [0.3, 0.4) is 0 Å². The molecule has 37 heavy (non-hydrogen) atoms. The lowest BCUT2D eigenvalue weighted by Gasteiger charge is -2.11. The molecule has 0 bridgehead atoms. The molecule has 3 aromatic carbocycles. The Labute approximate surface area is 217 Å². The maximum Gasteiger partial charge on any atom is 0.160 e. The average molecular weight is 476 g/mol. The molecule has 0 atom stereocenters. The molecule has 0 amide bonds. The lowest BCUT2D eigenvalue weighted by atomic mass is 10.0. The minimum atomic E-state index is 0.714. The number of aromatic nitrogens is 3. The van der Waals surface area contributed by atoms with Crippen LogP contribution in [0, 0.1) is 0 Å². The molecule has 1 aliphatic carbocycles. The summed E-state index contributed by atoms with van der Waals surface area (Å²) >= 11 is 0. The van der Waals surface area contributed by atoms with Crippen LogP contribution in [0.5, 0.6) is 0 Å². The molecule has 0 radical (unpaired) electrons. The van der Waals surface area contributed by atoms with Crippen LogP contribution in [0.1, 0.15) is 17.7 Å². The van der Waals surface area contributed by atoms with E-state index in [-0.39, 0.29) is 0 Å².